The molecular formula is C41H46ClFN6O6. The first-order valence-electron chi connectivity index (χ1n) is 18.9. The number of hydrogen-bond donors (Lipinski definition) is 2. The number of aromatic nitrogens is 2. The molecule has 14 heteroatoms. The minimum Gasteiger partial charge on any atom is -0.484 e. The largest absolute Gasteiger partial charge is 0.484 e. The number of anilines is 1. The zero-order chi connectivity index (χ0) is 38.7. The highest BCUT2D eigenvalue weighted by molar-refractivity contribution is 6.29. The van der Waals surface area contributed by atoms with Gasteiger partial charge in [-0.3, -0.25) is 24.0 Å². The molecule has 290 valence electrons. The molecule has 2 aliphatic heterocycles. The Balaban J connectivity index is 0.844. The van der Waals surface area contributed by atoms with Crippen molar-refractivity contribution in [2.45, 2.75) is 57.8 Å². The van der Waals surface area contributed by atoms with Crippen molar-refractivity contribution >= 4 is 51.7 Å². The van der Waals surface area contributed by atoms with Gasteiger partial charge in [0.2, 0.25) is 11.8 Å². The molecule has 0 bridgehead atoms. The second kappa shape index (κ2) is 18.8. The van der Waals surface area contributed by atoms with Crippen molar-refractivity contribution in [3.63, 3.8) is 0 Å². The molecule has 0 saturated carbocycles. The number of rotatable bonds is 15. The van der Waals surface area contributed by atoms with Gasteiger partial charge in [0.05, 0.1) is 16.6 Å². The highest BCUT2D eigenvalue weighted by Crippen LogP contribution is 2.31. The molecule has 3 aromatic carbocycles. The molecule has 0 unspecified atom stereocenters. The van der Waals surface area contributed by atoms with Gasteiger partial charge in [0.25, 0.3) is 17.4 Å². The van der Waals surface area contributed by atoms with Crippen LogP contribution in [0.4, 0.5) is 10.1 Å². The molecule has 0 radical (unpaired) electrons. The van der Waals surface area contributed by atoms with Gasteiger partial charge in [-0.15, -0.1) is 11.6 Å². The standard InChI is InChI=1S/C41H46ClFN6O6/c42-26-39(52)49-18-8-9-29-25-30(14-16-36(29)49)55-27-37(50)44-17-7-3-1-2-4-12-38(51)47-19-21-48(22-20-47)41(54)33-23-28(13-15-34(33)43)24-35-31-10-5-6-11-32(31)40(53)46-45-35/h5-6,10-11,13-16,23,25H,1-4,7-9,12,17-22,24,26-27H2,(H,44,50)(H,46,53). The van der Waals surface area contributed by atoms with Crippen molar-refractivity contribution in [3.05, 3.63) is 99.2 Å². The lowest BCUT2D eigenvalue weighted by Crippen LogP contribution is -2.50. The van der Waals surface area contributed by atoms with Crippen LogP contribution in [0.3, 0.4) is 0 Å². The summed E-state index contributed by atoms with van der Waals surface area (Å²) in [6.07, 6.45) is 6.76. The summed E-state index contributed by atoms with van der Waals surface area (Å²) in [5, 5.41) is 10.8. The number of carbonyl (C=O) groups is 4. The summed E-state index contributed by atoms with van der Waals surface area (Å²) in [5.74, 6) is -0.779. The van der Waals surface area contributed by atoms with E-state index < -0.39 is 11.7 Å². The van der Waals surface area contributed by atoms with Gasteiger partial charge >= 0.3 is 0 Å². The van der Waals surface area contributed by atoms with E-state index >= 15 is 0 Å². The molecule has 3 heterocycles. The summed E-state index contributed by atoms with van der Waals surface area (Å²) >= 11 is 5.75. The maximum Gasteiger partial charge on any atom is 0.272 e. The zero-order valence-corrected chi connectivity index (χ0v) is 31.5. The molecule has 2 aliphatic rings. The molecule has 6 rings (SSSR count). The van der Waals surface area contributed by atoms with E-state index in [0.717, 1.165) is 56.2 Å². The third kappa shape index (κ3) is 10.1. The van der Waals surface area contributed by atoms with E-state index in [1.807, 2.05) is 24.3 Å². The smallest absolute Gasteiger partial charge is 0.272 e. The lowest BCUT2D eigenvalue weighted by atomic mass is 10.0. The van der Waals surface area contributed by atoms with Crippen LogP contribution >= 0.6 is 11.6 Å². The van der Waals surface area contributed by atoms with E-state index in [-0.39, 0.29) is 41.3 Å². The first kappa shape index (κ1) is 39.4. The number of H-pyrrole nitrogens is 1. The molecule has 1 aromatic heterocycles. The van der Waals surface area contributed by atoms with Crippen LogP contribution in [0.25, 0.3) is 10.8 Å². The van der Waals surface area contributed by atoms with Gasteiger partial charge in [-0.2, -0.15) is 5.10 Å². The number of nitrogens with one attached hydrogen (secondary N) is 2. The minimum absolute atomic E-state index is 0.0276. The number of aryl methyl sites for hydroxylation is 1. The number of carbonyl (C=O) groups excluding carboxylic acids is 4. The number of amides is 4. The maximum absolute atomic E-state index is 14.9. The number of hydrogen-bond acceptors (Lipinski definition) is 7. The van der Waals surface area contributed by atoms with E-state index in [4.69, 9.17) is 16.3 Å². The number of halogens is 2. The van der Waals surface area contributed by atoms with Crippen molar-refractivity contribution in [3.8, 4) is 5.75 Å². The Hall–Kier alpha value is -5.30. The van der Waals surface area contributed by atoms with Crippen LogP contribution in [0, 0.1) is 5.82 Å². The molecular weight excluding hydrogens is 727 g/mol. The Morgan fingerprint density at radius 1 is 0.855 bits per heavy atom. The molecule has 1 fully saturated rings. The van der Waals surface area contributed by atoms with Crippen LogP contribution < -0.4 is 20.5 Å². The first-order chi connectivity index (χ1) is 26.7. The van der Waals surface area contributed by atoms with Crippen molar-refractivity contribution in [2.75, 3.05) is 56.7 Å². The second-order valence-corrected chi connectivity index (χ2v) is 14.2. The predicted octanol–water partition coefficient (Wildman–Crippen LogP) is 4.99. The third-order valence-electron chi connectivity index (χ3n) is 10.2. The lowest BCUT2D eigenvalue weighted by molar-refractivity contribution is -0.132. The monoisotopic (exact) mass is 772 g/mol. The van der Waals surface area contributed by atoms with Crippen molar-refractivity contribution in [1.82, 2.24) is 25.3 Å². The van der Waals surface area contributed by atoms with Crippen molar-refractivity contribution in [2.24, 2.45) is 0 Å². The molecule has 4 amide bonds. The summed E-state index contributed by atoms with van der Waals surface area (Å²) in [6, 6.07) is 17.1. The topological polar surface area (TPSA) is 145 Å². The van der Waals surface area contributed by atoms with E-state index in [1.165, 1.54) is 6.07 Å². The average molecular weight is 773 g/mol. The predicted molar refractivity (Wildman–Crippen MR) is 208 cm³/mol. The minimum atomic E-state index is -0.610. The van der Waals surface area contributed by atoms with E-state index in [2.05, 4.69) is 15.5 Å². The maximum atomic E-state index is 14.9. The van der Waals surface area contributed by atoms with Gasteiger partial charge in [-0.1, -0.05) is 43.5 Å². The van der Waals surface area contributed by atoms with Crippen LogP contribution in [0.2, 0.25) is 0 Å². The quantitative estimate of drug-likeness (QED) is 0.128. The first-order valence-corrected chi connectivity index (χ1v) is 19.5. The van der Waals surface area contributed by atoms with Gasteiger partial charge in [0.15, 0.2) is 6.61 Å². The number of benzene rings is 3. The van der Waals surface area contributed by atoms with Crippen molar-refractivity contribution in [1.29, 1.82) is 0 Å². The fourth-order valence-corrected chi connectivity index (χ4v) is 7.33. The second-order valence-electron chi connectivity index (χ2n) is 13.9. The summed E-state index contributed by atoms with van der Waals surface area (Å²) in [5.41, 5.74) is 2.85. The van der Waals surface area contributed by atoms with Gasteiger partial charge in [0.1, 0.15) is 17.4 Å². The Bertz CT molecular complexity index is 2080. The molecule has 0 aliphatic carbocycles. The number of ether oxygens (including phenoxy) is 1. The van der Waals surface area contributed by atoms with Crippen LogP contribution in [0.1, 0.15) is 72.1 Å². The molecule has 12 nitrogen and oxygen atoms in total. The van der Waals surface area contributed by atoms with Crippen LogP contribution in [-0.4, -0.2) is 95.4 Å². The van der Waals surface area contributed by atoms with Gasteiger partial charge in [-0.25, -0.2) is 9.49 Å². The Labute approximate surface area is 324 Å². The summed E-state index contributed by atoms with van der Waals surface area (Å²) < 4.78 is 20.6. The van der Waals surface area contributed by atoms with Crippen LogP contribution in [-0.2, 0) is 27.2 Å². The van der Waals surface area contributed by atoms with E-state index in [1.54, 1.807) is 45.0 Å². The summed E-state index contributed by atoms with van der Waals surface area (Å²) in [6.45, 7) is 2.52. The Morgan fingerprint density at radius 3 is 2.40 bits per heavy atom. The van der Waals surface area contributed by atoms with Crippen molar-refractivity contribution < 1.29 is 28.3 Å². The van der Waals surface area contributed by atoms with Crippen LogP contribution in [0.5, 0.6) is 5.75 Å². The SMILES string of the molecule is O=C(COc1ccc2c(c1)CCCN2C(=O)CCl)NCCCCCCCC(=O)N1CCN(C(=O)c2cc(Cc3n[nH]c(=O)c4ccccc34)ccc2F)CC1. The Morgan fingerprint density at radius 2 is 1.60 bits per heavy atom. The molecule has 4 aromatic rings. The fraction of sp³-hybridized carbons (Fsp3) is 0.415. The van der Waals surface area contributed by atoms with E-state index in [0.29, 0.717) is 79.9 Å². The summed E-state index contributed by atoms with van der Waals surface area (Å²) in [7, 11) is 0. The highest BCUT2D eigenvalue weighted by Gasteiger charge is 2.27. The molecule has 0 spiro atoms. The number of fused-ring (bicyclic) bond motifs is 2. The number of nitrogens with zero attached hydrogens (tertiary/aromatic N) is 4. The molecule has 2 N–H and O–H groups in total. The Kier molecular flexibility index (Phi) is 13.5. The highest BCUT2D eigenvalue weighted by atomic mass is 35.5. The van der Waals surface area contributed by atoms with E-state index in [9.17, 15) is 28.4 Å². The van der Waals surface area contributed by atoms with Gasteiger partial charge in [0, 0.05) is 63.2 Å². The normalized spacial score (nSPS) is 14.1. The number of unbranched alkanes of at least 4 members (excludes halogenated alkanes) is 4. The third-order valence-corrected chi connectivity index (χ3v) is 10.4. The van der Waals surface area contributed by atoms with Gasteiger partial charge in [-0.05, 0) is 73.2 Å². The summed E-state index contributed by atoms with van der Waals surface area (Å²) in [4.78, 5) is 67.9. The number of aromatic amines is 1. The van der Waals surface area contributed by atoms with Gasteiger partial charge < -0.3 is 24.8 Å². The fourth-order valence-electron chi connectivity index (χ4n) is 7.19. The zero-order valence-electron chi connectivity index (χ0n) is 30.8. The molecule has 1 saturated heterocycles. The number of alkyl halides is 1. The average Bonchev–Trinajstić information content (AvgIpc) is 3.21. The van der Waals surface area contributed by atoms with Crippen LogP contribution in [0.15, 0.2) is 65.5 Å². The number of piperazine rings is 1. The lowest BCUT2D eigenvalue weighted by Gasteiger charge is -2.35. The molecule has 55 heavy (non-hydrogen) atoms. The molecule has 0 atom stereocenters.